The van der Waals surface area contributed by atoms with E-state index >= 15 is 0 Å². The van der Waals surface area contributed by atoms with Crippen LogP contribution in [0.5, 0.6) is 5.75 Å². The van der Waals surface area contributed by atoms with Crippen LogP contribution in [0.2, 0.25) is 0 Å². The van der Waals surface area contributed by atoms with Crippen LogP contribution in [0, 0.1) is 5.92 Å². The molecule has 0 saturated heterocycles. The minimum absolute atomic E-state index is 0.318. The second kappa shape index (κ2) is 6.63. The van der Waals surface area contributed by atoms with Crippen molar-refractivity contribution >= 4 is 16.9 Å². The molecule has 0 amide bonds. The molecule has 0 radical (unpaired) electrons. The number of benzene rings is 1. The molecule has 114 valence electrons. The summed E-state index contributed by atoms with van der Waals surface area (Å²) in [5, 5.41) is 13.2. The van der Waals surface area contributed by atoms with Crippen molar-refractivity contribution in [3.05, 3.63) is 30.0 Å². The van der Waals surface area contributed by atoms with E-state index in [1.165, 1.54) is 0 Å². The Morgan fingerprint density at radius 3 is 2.76 bits per heavy atom. The monoisotopic (exact) mass is 291 g/mol. The first-order valence-corrected chi connectivity index (χ1v) is 7.02. The van der Waals surface area contributed by atoms with Gasteiger partial charge < -0.3 is 14.3 Å². The van der Waals surface area contributed by atoms with Crippen molar-refractivity contribution in [2.45, 2.75) is 32.9 Å². The molecule has 0 aliphatic carbocycles. The van der Waals surface area contributed by atoms with Crippen LogP contribution < -0.4 is 10.1 Å². The van der Waals surface area contributed by atoms with Crippen molar-refractivity contribution in [1.82, 2.24) is 5.32 Å². The fourth-order valence-electron chi connectivity index (χ4n) is 2.26. The van der Waals surface area contributed by atoms with Gasteiger partial charge in [-0.2, -0.15) is 0 Å². The number of hydrogen-bond acceptors (Lipinski definition) is 4. The van der Waals surface area contributed by atoms with E-state index in [1.54, 1.807) is 7.11 Å². The zero-order valence-electron chi connectivity index (χ0n) is 12.6. The predicted octanol–water partition coefficient (Wildman–Crippen LogP) is 3.03. The molecular formula is C16H21NO4. The molecule has 21 heavy (non-hydrogen) atoms. The summed E-state index contributed by atoms with van der Waals surface area (Å²) in [6.45, 7) is 4.40. The van der Waals surface area contributed by atoms with Crippen LogP contribution in [0.25, 0.3) is 11.0 Å². The molecular weight excluding hydrogens is 270 g/mol. The Hall–Kier alpha value is -2.01. The van der Waals surface area contributed by atoms with E-state index in [-0.39, 0.29) is 0 Å². The summed E-state index contributed by atoms with van der Waals surface area (Å²) in [7, 11) is 1.62. The van der Waals surface area contributed by atoms with E-state index in [4.69, 9.17) is 9.15 Å². The summed E-state index contributed by atoms with van der Waals surface area (Å²) in [6, 6.07) is 6.92. The molecule has 0 saturated carbocycles. The molecule has 0 bridgehead atoms. The highest BCUT2D eigenvalue weighted by Crippen LogP contribution is 2.24. The number of carbonyl (C=O) groups is 1. The third-order valence-electron chi connectivity index (χ3n) is 3.30. The Morgan fingerprint density at radius 1 is 1.38 bits per heavy atom. The van der Waals surface area contributed by atoms with Gasteiger partial charge in [0.05, 0.1) is 13.7 Å². The zero-order chi connectivity index (χ0) is 15.4. The van der Waals surface area contributed by atoms with Crippen molar-refractivity contribution in [3.63, 3.8) is 0 Å². The number of hydrogen-bond donors (Lipinski definition) is 2. The molecule has 2 N–H and O–H groups in total. The van der Waals surface area contributed by atoms with Crippen LogP contribution in [-0.4, -0.2) is 24.2 Å². The highest BCUT2D eigenvalue weighted by atomic mass is 16.5. The van der Waals surface area contributed by atoms with Gasteiger partial charge in [0.1, 0.15) is 23.1 Å². The Morgan fingerprint density at radius 2 is 2.14 bits per heavy atom. The number of methoxy groups -OCH3 is 1. The fraction of sp³-hybridized carbons (Fsp3) is 0.438. The maximum absolute atomic E-state index is 11.2. The third-order valence-corrected chi connectivity index (χ3v) is 3.30. The van der Waals surface area contributed by atoms with Crippen LogP contribution in [-0.2, 0) is 11.3 Å². The quantitative estimate of drug-likeness (QED) is 0.820. The third kappa shape index (κ3) is 3.98. The van der Waals surface area contributed by atoms with Crippen molar-refractivity contribution in [3.8, 4) is 5.75 Å². The van der Waals surface area contributed by atoms with E-state index in [0.29, 0.717) is 24.6 Å². The number of ether oxygens (including phenoxy) is 1. The molecule has 0 unspecified atom stereocenters. The SMILES string of the molecule is COc1ccc2oc(CN[C@@H](CC(C)C)C(=O)O)cc2c1. The van der Waals surface area contributed by atoms with Crippen LogP contribution in [0.4, 0.5) is 0 Å². The Bertz CT molecular complexity index is 618. The molecule has 0 spiro atoms. The average Bonchev–Trinajstić information content (AvgIpc) is 2.84. The van der Waals surface area contributed by atoms with Gasteiger partial charge in [0, 0.05) is 5.39 Å². The Labute approximate surface area is 123 Å². The first kappa shape index (κ1) is 15.4. The highest BCUT2D eigenvalue weighted by molar-refractivity contribution is 5.79. The van der Waals surface area contributed by atoms with E-state index in [2.05, 4.69) is 5.32 Å². The highest BCUT2D eigenvalue weighted by Gasteiger charge is 2.18. The molecule has 1 aromatic carbocycles. The molecule has 1 heterocycles. The van der Waals surface area contributed by atoms with Gasteiger partial charge in [0.15, 0.2) is 0 Å². The van der Waals surface area contributed by atoms with Gasteiger partial charge in [-0.3, -0.25) is 10.1 Å². The molecule has 1 atom stereocenters. The standard InChI is InChI=1S/C16H21NO4/c1-10(2)6-14(16(18)19)17-9-13-8-11-7-12(20-3)4-5-15(11)21-13/h4-5,7-8,10,14,17H,6,9H2,1-3H3,(H,18,19)/t14-/m0/s1. The average molecular weight is 291 g/mol. The van der Waals surface area contributed by atoms with Gasteiger partial charge in [-0.25, -0.2) is 0 Å². The predicted molar refractivity (Wildman–Crippen MR) is 80.5 cm³/mol. The number of carboxylic acids is 1. The summed E-state index contributed by atoms with van der Waals surface area (Å²) < 4.78 is 10.9. The topological polar surface area (TPSA) is 71.7 Å². The number of nitrogens with one attached hydrogen (secondary N) is 1. The number of carboxylic acid groups (broad SMARTS) is 1. The van der Waals surface area contributed by atoms with Crippen molar-refractivity contribution in [1.29, 1.82) is 0 Å². The Kier molecular flexibility index (Phi) is 4.85. The first-order valence-electron chi connectivity index (χ1n) is 7.02. The number of fused-ring (bicyclic) bond motifs is 1. The normalized spacial score (nSPS) is 12.8. The minimum atomic E-state index is -0.832. The van der Waals surface area contributed by atoms with Gasteiger partial charge in [0.2, 0.25) is 0 Å². The molecule has 0 fully saturated rings. The lowest BCUT2D eigenvalue weighted by atomic mass is 10.0. The van der Waals surface area contributed by atoms with Gasteiger partial charge >= 0.3 is 5.97 Å². The van der Waals surface area contributed by atoms with E-state index in [1.807, 2.05) is 38.1 Å². The maximum Gasteiger partial charge on any atom is 0.320 e. The summed E-state index contributed by atoms with van der Waals surface area (Å²) in [5.74, 6) is 0.972. The van der Waals surface area contributed by atoms with Crippen molar-refractivity contribution in [2.75, 3.05) is 7.11 Å². The van der Waals surface area contributed by atoms with Gasteiger partial charge in [-0.1, -0.05) is 13.8 Å². The summed E-state index contributed by atoms with van der Waals surface area (Å²) in [6.07, 6.45) is 0.587. The lowest BCUT2D eigenvalue weighted by molar-refractivity contribution is -0.140. The van der Waals surface area contributed by atoms with Crippen LogP contribution in [0.3, 0.4) is 0 Å². The van der Waals surface area contributed by atoms with E-state index in [0.717, 1.165) is 16.7 Å². The second-order valence-corrected chi connectivity index (χ2v) is 5.52. The zero-order valence-corrected chi connectivity index (χ0v) is 12.6. The Balaban J connectivity index is 2.06. The van der Waals surface area contributed by atoms with Crippen molar-refractivity contribution < 1.29 is 19.1 Å². The number of furan rings is 1. The lowest BCUT2D eigenvalue weighted by Crippen LogP contribution is -2.37. The lowest BCUT2D eigenvalue weighted by Gasteiger charge is -2.15. The molecule has 0 aliphatic heterocycles. The van der Waals surface area contributed by atoms with Crippen LogP contribution in [0.15, 0.2) is 28.7 Å². The molecule has 0 aliphatic rings. The fourth-order valence-corrected chi connectivity index (χ4v) is 2.26. The molecule has 2 rings (SSSR count). The largest absolute Gasteiger partial charge is 0.497 e. The molecule has 2 aromatic rings. The summed E-state index contributed by atoms with van der Waals surface area (Å²) >= 11 is 0. The number of aliphatic carboxylic acids is 1. The second-order valence-electron chi connectivity index (χ2n) is 5.52. The maximum atomic E-state index is 11.2. The minimum Gasteiger partial charge on any atom is -0.497 e. The van der Waals surface area contributed by atoms with Gasteiger partial charge in [-0.05, 0) is 36.6 Å². The number of rotatable bonds is 7. The summed E-state index contributed by atoms with van der Waals surface area (Å²) in [5.41, 5.74) is 0.767. The smallest absolute Gasteiger partial charge is 0.320 e. The van der Waals surface area contributed by atoms with Crippen molar-refractivity contribution in [2.24, 2.45) is 5.92 Å². The summed E-state index contributed by atoms with van der Waals surface area (Å²) in [4.78, 5) is 11.2. The van der Waals surface area contributed by atoms with E-state index < -0.39 is 12.0 Å². The van der Waals surface area contributed by atoms with E-state index in [9.17, 15) is 9.90 Å². The molecule has 1 aromatic heterocycles. The van der Waals surface area contributed by atoms with Crippen LogP contribution in [0.1, 0.15) is 26.0 Å². The van der Waals surface area contributed by atoms with Crippen LogP contribution >= 0.6 is 0 Å². The van der Waals surface area contributed by atoms with Gasteiger partial charge in [-0.15, -0.1) is 0 Å². The molecule has 5 nitrogen and oxygen atoms in total. The first-order chi connectivity index (χ1) is 9.99. The van der Waals surface area contributed by atoms with Gasteiger partial charge in [0.25, 0.3) is 0 Å². The molecule has 5 heteroatoms.